The Labute approximate surface area is 210 Å². The number of nitrogens with zero attached hydrogens (tertiary/aromatic N) is 1. The van der Waals surface area contributed by atoms with E-state index in [-0.39, 0.29) is 24.9 Å². The minimum Gasteiger partial charge on any atom is -0.480 e. The van der Waals surface area contributed by atoms with Crippen LogP contribution in [0.4, 0.5) is 0 Å². The number of aliphatic carboxylic acids is 1. The van der Waals surface area contributed by atoms with Gasteiger partial charge in [-0.2, -0.15) is 5.26 Å². The fourth-order valence-electron chi connectivity index (χ4n) is 2.56. The molecule has 0 spiro atoms. The van der Waals surface area contributed by atoms with Gasteiger partial charge in [0.25, 0.3) is 0 Å². The van der Waals surface area contributed by atoms with Crippen molar-refractivity contribution in [3.05, 3.63) is 0 Å². The summed E-state index contributed by atoms with van der Waals surface area (Å²) in [6.07, 6.45) is 6.62. The highest BCUT2D eigenvalue weighted by atomic mass is 16.7. The molecule has 12 nitrogen and oxygen atoms in total. The number of carboxylic acid groups (broad SMARTS) is 1. The maximum atomic E-state index is 10.3. The first kappa shape index (κ1) is 37.9. The Morgan fingerprint density at radius 3 is 1.46 bits per heavy atom. The average Bonchev–Trinajstić information content (AvgIpc) is 2.87. The molecule has 0 saturated heterocycles. The van der Waals surface area contributed by atoms with E-state index in [9.17, 15) is 9.59 Å². The number of ether oxygens (including phenoxy) is 6. The normalized spacial score (nSPS) is 12.3. The van der Waals surface area contributed by atoms with E-state index in [1.54, 1.807) is 42.7 Å². The number of hydrogen-bond donors (Lipinski definition) is 3. The van der Waals surface area contributed by atoms with Gasteiger partial charge >= 0.3 is 5.97 Å². The van der Waals surface area contributed by atoms with Crippen LogP contribution in [0.5, 0.6) is 0 Å². The van der Waals surface area contributed by atoms with Crippen molar-refractivity contribution < 1.29 is 43.1 Å². The Morgan fingerprint density at radius 1 is 0.771 bits per heavy atom. The molecule has 0 aromatic heterocycles. The van der Waals surface area contributed by atoms with E-state index < -0.39 is 12.0 Å². The number of rotatable bonds is 19. The standard InChI is InChI=1S/C8H16N2O2.C8H17NO4.C7H14O3/c1-11-8(12-2)5-3-4-7(10)6-9;1-12-7(13-2)5-3-4-6(9)8(10)11;1-9-7(10-2)5-3-4-6-8/h7-8H,3-5,10H2,1-2H3;6-7H,3-5,9H2,1-2H3,(H,10,11);6-7H,3-5H2,1-2H3/t;6-;/m.0./s1. The van der Waals surface area contributed by atoms with Gasteiger partial charge in [-0.1, -0.05) is 0 Å². The quantitative estimate of drug-likeness (QED) is 0.130. The van der Waals surface area contributed by atoms with E-state index in [1.807, 2.05) is 6.07 Å². The van der Waals surface area contributed by atoms with Crippen LogP contribution in [0.15, 0.2) is 0 Å². The summed E-state index contributed by atoms with van der Waals surface area (Å²) in [6, 6.07) is 0.826. The van der Waals surface area contributed by atoms with Gasteiger partial charge in [0, 0.05) is 49.1 Å². The number of carbonyl (C=O) groups excluding carboxylic acids is 1. The lowest BCUT2D eigenvalue weighted by Gasteiger charge is -2.13. The highest BCUT2D eigenvalue weighted by molar-refractivity contribution is 5.72. The van der Waals surface area contributed by atoms with Crippen LogP contribution in [-0.2, 0) is 38.0 Å². The van der Waals surface area contributed by atoms with Crippen molar-refractivity contribution in [3.63, 3.8) is 0 Å². The zero-order valence-electron chi connectivity index (χ0n) is 22.1. The van der Waals surface area contributed by atoms with Crippen LogP contribution in [0.1, 0.15) is 57.8 Å². The molecule has 0 bridgehead atoms. The summed E-state index contributed by atoms with van der Waals surface area (Å²) in [5.41, 5.74) is 10.7. The van der Waals surface area contributed by atoms with Crippen molar-refractivity contribution in [2.24, 2.45) is 11.5 Å². The number of nitrogens with two attached hydrogens (primary N) is 2. The first-order valence-corrected chi connectivity index (χ1v) is 11.4. The maximum absolute atomic E-state index is 10.3. The molecule has 0 heterocycles. The smallest absolute Gasteiger partial charge is 0.320 e. The summed E-state index contributed by atoms with van der Waals surface area (Å²) in [5.74, 6) is -0.966. The maximum Gasteiger partial charge on any atom is 0.320 e. The monoisotopic (exact) mass is 509 g/mol. The van der Waals surface area contributed by atoms with Crippen LogP contribution in [0.2, 0.25) is 0 Å². The molecule has 35 heavy (non-hydrogen) atoms. The second kappa shape index (κ2) is 28.5. The number of nitriles is 1. The Bertz CT molecular complexity index is 509. The molecule has 0 aliphatic rings. The highest BCUT2D eigenvalue weighted by Gasteiger charge is 2.12. The molecular formula is C23H47N3O9. The summed E-state index contributed by atoms with van der Waals surface area (Å²) in [5, 5.41) is 16.9. The second-order valence-electron chi connectivity index (χ2n) is 7.34. The van der Waals surface area contributed by atoms with Gasteiger partial charge < -0.3 is 49.8 Å². The summed E-state index contributed by atoms with van der Waals surface area (Å²) >= 11 is 0. The van der Waals surface area contributed by atoms with Crippen molar-refractivity contribution in [2.45, 2.75) is 88.7 Å². The van der Waals surface area contributed by atoms with E-state index in [0.29, 0.717) is 32.1 Å². The third-order valence-electron chi connectivity index (χ3n) is 4.73. The predicted octanol–water partition coefficient (Wildman–Crippen LogP) is 1.79. The van der Waals surface area contributed by atoms with Crippen molar-refractivity contribution in [1.82, 2.24) is 0 Å². The molecule has 0 fully saturated rings. The molecule has 208 valence electrons. The summed E-state index contributed by atoms with van der Waals surface area (Å²) in [4.78, 5) is 20.2. The Balaban J connectivity index is -0.000000443. The highest BCUT2D eigenvalue weighted by Crippen LogP contribution is 2.07. The first-order chi connectivity index (χ1) is 16.7. The summed E-state index contributed by atoms with van der Waals surface area (Å²) in [7, 11) is 9.47. The molecule has 0 aliphatic heterocycles. The number of hydrogen-bond acceptors (Lipinski definition) is 11. The second-order valence-corrected chi connectivity index (χ2v) is 7.34. The van der Waals surface area contributed by atoms with Gasteiger partial charge in [-0.05, 0) is 51.4 Å². The van der Waals surface area contributed by atoms with E-state index >= 15 is 0 Å². The minimum atomic E-state index is -0.966. The van der Waals surface area contributed by atoms with Gasteiger partial charge in [0.05, 0.1) is 12.1 Å². The topological polar surface area (TPSA) is 186 Å². The lowest BCUT2D eigenvalue weighted by atomic mass is 10.1. The molecule has 2 atom stereocenters. The number of unbranched alkanes of at least 4 members (excludes halogenated alkanes) is 1. The van der Waals surface area contributed by atoms with Crippen LogP contribution in [0.3, 0.4) is 0 Å². The van der Waals surface area contributed by atoms with E-state index in [2.05, 4.69) is 0 Å². The molecule has 0 aromatic rings. The molecular weight excluding hydrogens is 462 g/mol. The third kappa shape index (κ3) is 26.8. The van der Waals surface area contributed by atoms with Gasteiger partial charge in [0.1, 0.15) is 12.3 Å². The molecule has 1 unspecified atom stereocenters. The van der Waals surface area contributed by atoms with Gasteiger partial charge in [-0.25, -0.2) is 0 Å². The molecule has 0 saturated carbocycles. The number of carboxylic acids is 1. The van der Waals surface area contributed by atoms with Gasteiger partial charge in [0.2, 0.25) is 0 Å². The van der Waals surface area contributed by atoms with Gasteiger partial charge in [-0.3, -0.25) is 4.79 Å². The lowest BCUT2D eigenvalue weighted by Crippen LogP contribution is -2.30. The molecule has 0 aromatic carbocycles. The number of methoxy groups -OCH3 is 6. The summed E-state index contributed by atoms with van der Waals surface area (Å²) in [6.45, 7) is 0. The number of aldehydes is 1. The van der Waals surface area contributed by atoms with E-state index in [1.165, 1.54) is 0 Å². The van der Waals surface area contributed by atoms with Gasteiger partial charge in [0.15, 0.2) is 18.9 Å². The minimum absolute atomic E-state index is 0.153. The first-order valence-electron chi connectivity index (χ1n) is 11.4. The van der Waals surface area contributed by atoms with Crippen LogP contribution in [-0.4, -0.2) is 91.0 Å². The molecule has 0 aliphatic carbocycles. The van der Waals surface area contributed by atoms with Gasteiger partial charge in [-0.15, -0.1) is 0 Å². The molecule has 0 amide bonds. The van der Waals surface area contributed by atoms with Crippen LogP contribution in [0.25, 0.3) is 0 Å². The SMILES string of the molecule is COC(CCCC(N)C#N)OC.COC(CCCC=O)OC.COC(CCC[C@H](N)C(=O)O)OC. The lowest BCUT2D eigenvalue weighted by molar-refractivity contribution is -0.139. The predicted molar refractivity (Wildman–Crippen MR) is 130 cm³/mol. The fourth-order valence-corrected chi connectivity index (χ4v) is 2.56. The van der Waals surface area contributed by atoms with Crippen LogP contribution >= 0.6 is 0 Å². The Kier molecular flexibility index (Phi) is 30.9. The summed E-state index contributed by atoms with van der Waals surface area (Å²) < 4.78 is 29.6. The largest absolute Gasteiger partial charge is 0.480 e. The Morgan fingerprint density at radius 2 is 1.14 bits per heavy atom. The number of carbonyl (C=O) groups is 2. The fraction of sp³-hybridized carbons (Fsp3) is 0.870. The van der Waals surface area contributed by atoms with Crippen molar-refractivity contribution in [2.75, 3.05) is 42.7 Å². The molecule has 0 rings (SSSR count). The van der Waals surface area contributed by atoms with Crippen molar-refractivity contribution in [1.29, 1.82) is 5.26 Å². The molecule has 0 radical (unpaired) electrons. The van der Waals surface area contributed by atoms with Crippen LogP contribution < -0.4 is 11.5 Å². The van der Waals surface area contributed by atoms with E-state index in [0.717, 1.165) is 32.0 Å². The zero-order valence-corrected chi connectivity index (χ0v) is 22.1. The van der Waals surface area contributed by atoms with Crippen molar-refractivity contribution in [3.8, 4) is 6.07 Å². The van der Waals surface area contributed by atoms with Crippen molar-refractivity contribution >= 4 is 12.3 Å². The molecule has 5 N–H and O–H groups in total. The zero-order chi connectivity index (χ0) is 27.5. The van der Waals surface area contributed by atoms with E-state index in [4.69, 9.17) is 50.3 Å². The molecule has 12 heteroatoms. The van der Waals surface area contributed by atoms with Crippen LogP contribution in [0, 0.1) is 11.3 Å². The Hall–Kier alpha value is -1.69. The average molecular weight is 510 g/mol. The third-order valence-corrected chi connectivity index (χ3v) is 4.73.